The first kappa shape index (κ1) is 49.6. The number of hydrogen-bond donors (Lipinski definition) is 4. The van der Waals surface area contributed by atoms with E-state index in [0.717, 1.165) is 55.6 Å². The fraction of sp³-hybridized carbons (Fsp3) is 0.412. The number of halogens is 1. The summed E-state index contributed by atoms with van der Waals surface area (Å²) in [7, 11) is 0. The Hall–Kier alpha value is -6.35. The van der Waals surface area contributed by atoms with Gasteiger partial charge in [-0.2, -0.15) is 0 Å². The van der Waals surface area contributed by atoms with Gasteiger partial charge >= 0.3 is 0 Å². The monoisotopic (exact) mass is 1000 g/mol. The van der Waals surface area contributed by atoms with Crippen LogP contribution >= 0.6 is 22.9 Å². The number of thiophene rings is 1. The highest BCUT2D eigenvalue weighted by molar-refractivity contribution is 7.15. The van der Waals surface area contributed by atoms with Crippen molar-refractivity contribution in [1.82, 2.24) is 40.5 Å². The number of anilines is 1. The molecule has 6 heterocycles. The van der Waals surface area contributed by atoms with Crippen LogP contribution in [0, 0.1) is 20.8 Å². The third kappa shape index (κ3) is 11.1. The lowest BCUT2D eigenvalue weighted by molar-refractivity contribution is -0.137. The molecule has 0 aliphatic carbocycles. The van der Waals surface area contributed by atoms with Gasteiger partial charge in [0, 0.05) is 83.5 Å². The smallest absolute Gasteiger partial charge is 0.255 e. The number of nitrogens with zero attached hydrogens (tertiary/aromatic N) is 6. The topological polar surface area (TPSA) is 211 Å². The molecule has 5 amide bonds. The van der Waals surface area contributed by atoms with E-state index in [0.29, 0.717) is 88.6 Å². The number of aliphatic imine (C=N–C) groups is 1. The number of imide groups is 1. The van der Waals surface area contributed by atoms with E-state index in [9.17, 15) is 24.0 Å². The summed E-state index contributed by atoms with van der Waals surface area (Å²) in [6.07, 6.45) is 0.572. The van der Waals surface area contributed by atoms with E-state index in [1.807, 2.05) is 72.2 Å². The summed E-state index contributed by atoms with van der Waals surface area (Å²) < 4.78 is 19.2. The van der Waals surface area contributed by atoms with Crippen LogP contribution in [0.15, 0.2) is 71.7 Å². The first-order valence-electron chi connectivity index (χ1n) is 23.9. The maximum Gasteiger partial charge on any atom is 0.255 e. The predicted octanol–water partition coefficient (Wildman–Crippen LogP) is 4.90. The minimum absolute atomic E-state index is 0.0739. The number of aryl methyl sites for hydroxylation is 2. The minimum Gasteiger partial charge on any atom is -0.381 e. The van der Waals surface area contributed by atoms with Crippen LogP contribution in [0.3, 0.4) is 0 Å². The molecule has 3 aromatic carbocycles. The highest BCUT2D eigenvalue weighted by Gasteiger charge is 2.40. The lowest BCUT2D eigenvalue weighted by atomic mass is 9.99. The Morgan fingerprint density at radius 1 is 0.915 bits per heavy atom. The molecule has 4 N–H and O–H groups in total. The Bertz CT molecular complexity index is 2830. The molecule has 0 saturated carbocycles. The van der Waals surface area contributed by atoms with Crippen molar-refractivity contribution in [3.05, 3.63) is 127 Å². The van der Waals surface area contributed by atoms with E-state index in [2.05, 4.69) is 50.2 Å². The summed E-state index contributed by atoms with van der Waals surface area (Å²) in [6, 6.07) is 19.2. The molecule has 9 rings (SSSR count). The first-order valence-corrected chi connectivity index (χ1v) is 25.1. The van der Waals surface area contributed by atoms with Crippen molar-refractivity contribution in [2.24, 2.45) is 4.99 Å². The normalized spacial score (nSPS) is 18.2. The minimum atomic E-state index is -0.685. The lowest BCUT2D eigenvalue weighted by Crippen LogP contribution is -2.52. The first-order chi connectivity index (χ1) is 34.4. The highest BCUT2D eigenvalue weighted by Crippen LogP contribution is 2.40. The van der Waals surface area contributed by atoms with Crippen LogP contribution in [-0.4, -0.2) is 132 Å². The standard InChI is InChI=1S/C51H57ClN10O8S/c1-30-31(2)71-51-44(30)45(34-11-13-36(52)14-12-34)56-40(47-59-58-32(3)62(47)51)27-43(64)53-17-21-68-25-26-69-22-18-54-49(66)46(60-19-23-70-24-20-60)35-9-7-33(8-10-35)28-55-39-6-4-5-37-38(39)29-61(50(37)67)41-15-16-42(63)57-48(41)65/h4-14,40-41,46,55H,15-29H2,1-3H3,(H,53,64)(H,54,66)(H,57,63,65). The number of carbonyl (C=O) groups is 5. The maximum absolute atomic E-state index is 13.8. The van der Waals surface area contributed by atoms with E-state index in [1.165, 1.54) is 4.88 Å². The van der Waals surface area contributed by atoms with Crippen LogP contribution in [0.1, 0.15) is 91.6 Å². The molecule has 3 atom stereocenters. The summed E-state index contributed by atoms with van der Waals surface area (Å²) in [5.41, 5.74) is 7.80. The Balaban J connectivity index is 0.713. The Kier molecular flexibility index (Phi) is 15.6. The van der Waals surface area contributed by atoms with Gasteiger partial charge in [-0.25, -0.2) is 0 Å². The summed E-state index contributed by atoms with van der Waals surface area (Å²) in [5, 5.41) is 22.3. The van der Waals surface area contributed by atoms with E-state index < -0.39 is 24.0 Å². The van der Waals surface area contributed by atoms with Crippen LogP contribution < -0.4 is 21.3 Å². The molecule has 4 aliphatic rings. The number of benzene rings is 3. The number of nitrogens with one attached hydrogen (secondary N) is 4. The van der Waals surface area contributed by atoms with Crippen LogP contribution in [0.2, 0.25) is 5.02 Å². The Morgan fingerprint density at radius 3 is 2.38 bits per heavy atom. The molecule has 372 valence electrons. The van der Waals surface area contributed by atoms with Crippen LogP contribution in [0.5, 0.6) is 0 Å². The summed E-state index contributed by atoms with van der Waals surface area (Å²) >= 11 is 7.91. The molecule has 71 heavy (non-hydrogen) atoms. The van der Waals surface area contributed by atoms with Crippen molar-refractivity contribution in [3.8, 4) is 5.00 Å². The molecule has 4 aliphatic heterocycles. The zero-order chi connectivity index (χ0) is 49.6. The number of morpholine rings is 1. The maximum atomic E-state index is 13.8. The van der Waals surface area contributed by atoms with Crippen LogP contribution in [0.25, 0.3) is 5.00 Å². The SMILES string of the molecule is Cc1sc2c(c1C)C(c1ccc(Cl)cc1)=NC(CC(=O)NCCOCCOCCNC(=O)C(c1ccc(CNc3cccc4c3CN(C3CCC(=O)NC3=O)C4=O)cc1)N1CCOCC1)c1nnc(C)n1-2. The zero-order valence-corrected chi connectivity index (χ0v) is 41.5. The average Bonchev–Trinajstić information content (AvgIpc) is 3.98. The van der Waals surface area contributed by atoms with E-state index >= 15 is 0 Å². The van der Waals surface area contributed by atoms with Gasteiger partial charge in [0.2, 0.25) is 23.6 Å². The molecule has 0 bridgehead atoms. The molecule has 3 unspecified atom stereocenters. The third-order valence-corrected chi connectivity index (χ3v) is 14.7. The lowest BCUT2D eigenvalue weighted by Gasteiger charge is -2.34. The number of carbonyl (C=O) groups excluding carboxylic acids is 5. The van der Waals surface area contributed by atoms with E-state index in [4.69, 9.17) is 30.8 Å². The third-order valence-electron chi connectivity index (χ3n) is 13.2. The van der Waals surface area contributed by atoms with Gasteiger partial charge < -0.3 is 35.1 Å². The molecule has 18 nitrogen and oxygen atoms in total. The molecular formula is C51H57ClN10O8S. The molecule has 5 aromatic rings. The van der Waals surface area contributed by atoms with Gasteiger partial charge in [-0.1, -0.05) is 54.1 Å². The molecule has 0 spiro atoms. The Morgan fingerprint density at radius 2 is 1.65 bits per heavy atom. The zero-order valence-electron chi connectivity index (χ0n) is 39.9. The van der Waals surface area contributed by atoms with Crippen molar-refractivity contribution in [1.29, 1.82) is 0 Å². The van der Waals surface area contributed by atoms with Gasteiger partial charge in [-0.3, -0.25) is 43.7 Å². The number of hydrogen-bond acceptors (Lipinski definition) is 14. The summed E-state index contributed by atoms with van der Waals surface area (Å²) in [4.78, 5) is 74.7. The number of ether oxygens (including phenoxy) is 3. The number of piperidine rings is 1. The Labute approximate surface area is 420 Å². The van der Waals surface area contributed by atoms with Crippen molar-refractivity contribution in [2.45, 2.75) is 71.2 Å². The van der Waals surface area contributed by atoms with E-state index in [1.54, 1.807) is 22.3 Å². The fourth-order valence-electron chi connectivity index (χ4n) is 9.44. The van der Waals surface area contributed by atoms with Gasteiger partial charge in [0.15, 0.2) is 5.82 Å². The fourth-order valence-corrected chi connectivity index (χ4v) is 10.8. The van der Waals surface area contributed by atoms with Crippen molar-refractivity contribution in [2.75, 3.05) is 71.1 Å². The average molecular weight is 1010 g/mol. The molecule has 2 saturated heterocycles. The van der Waals surface area contributed by atoms with Gasteiger partial charge in [-0.05, 0) is 68.1 Å². The summed E-state index contributed by atoms with van der Waals surface area (Å²) in [5.74, 6) is 0.0307. The second kappa shape index (κ2) is 22.4. The number of aromatic nitrogens is 3. The largest absolute Gasteiger partial charge is 0.381 e. The molecule has 20 heteroatoms. The second-order valence-corrected chi connectivity index (χ2v) is 19.5. The highest BCUT2D eigenvalue weighted by atomic mass is 35.5. The van der Waals surface area contributed by atoms with E-state index in [-0.39, 0.29) is 49.6 Å². The summed E-state index contributed by atoms with van der Waals surface area (Å²) in [6.45, 7) is 10.9. The van der Waals surface area contributed by atoms with Crippen molar-refractivity contribution in [3.63, 3.8) is 0 Å². The quantitative estimate of drug-likeness (QED) is 0.0643. The van der Waals surface area contributed by atoms with Gasteiger partial charge in [0.05, 0.1) is 51.8 Å². The molecular weight excluding hydrogens is 948 g/mol. The van der Waals surface area contributed by atoms with Gasteiger partial charge in [-0.15, -0.1) is 21.5 Å². The number of amides is 5. The number of rotatable bonds is 19. The van der Waals surface area contributed by atoms with Gasteiger partial charge in [0.25, 0.3) is 5.91 Å². The van der Waals surface area contributed by atoms with Crippen molar-refractivity contribution < 1.29 is 38.2 Å². The molecule has 0 radical (unpaired) electrons. The second-order valence-electron chi connectivity index (χ2n) is 17.9. The van der Waals surface area contributed by atoms with Crippen LogP contribution in [0.4, 0.5) is 5.69 Å². The van der Waals surface area contributed by atoms with Crippen LogP contribution in [-0.2, 0) is 46.5 Å². The molecule has 2 aromatic heterocycles. The van der Waals surface area contributed by atoms with Crippen molar-refractivity contribution >= 4 is 63.9 Å². The molecule has 2 fully saturated rings. The number of fused-ring (bicyclic) bond motifs is 4. The predicted molar refractivity (Wildman–Crippen MR) is 267 cm³/mol. The van der Waals surface area contributed by atoms with Gasteiger partial charge in [0.1, 0.15) is 29.0 Å².